The molecule has 5 nitrogen and oxygen atoms in total. The third-order valence-electron chi connectivity index (χ3n) is 4.18. The number of aryl methyl sites for hydroxylation is 1. The second-order valence-electron chi connectivity index (χ2n) is 5.69. The van der Waals surface area contributed by atoms with Crippen LogP contribution in [0.5, 0.6) is 11.5 Å². The van der Waals surface area contributed by atoms with E-state index >= 15 is 0 Å². The largest absolute Gasteiger partial charge is 0.454 e. The van der Waals surface area contributed by atoms with Crippen molar-refractivity contribution in [1.82, 2.24) is 0 Å². The minimum atomic E-state index is -0.793. The zero-order chi connectivity index (χ0) is 16.0. The van der Waals surface area contributed by atoms with E-state index in [0.29, 0.717) is 17.1 Å². The normalized spacial score (nSPS) is 22.3. The van der Waals surface area contributed by atoms with Gasteiger partial charge in [0, 0.05) is 0 Å². The summed E-state index contributed by atoms with van der Waals surface area (Å²) in [7, 11) is 0. The average Bonchev–Trinajstić information content (AvgIpc) is 3.13. The third-order valence-corrected chi connectivity index (χ3v) is 4.18. The lowest BCUT2D eigenvalue weighted by Crippen LogP contribution is -2.14. The lowest BCUT2D eigenvalue weighted by Gasteiger charge is -2.17. The molecule has 0 spiro atoms. The molecule has 0 saturated carbocycles. The van der Waals surface area contributed by atoms with Gasteiger partial charge in [0.1, 0.15) is 6.10 Å². The Kier molecular flexibility index (Phi) is 3.08. The van der Waals surface area contributed by atoms with Gasteiger partial charge in [-0.2, -0.15) is 0 Å². The summed E-state index contributed by atoms with van der Waals surface area (Å²) in [6, 6.07) is 12.9. The highest BCUT2D eigenvalue weighted by Crippen LogP contribution is 2.43. The first kappa shape index (κ1) is 13.8. The Bertz CT molecular complexity index is 794. The number of esters is 1. The predicted octanol–water partition coefficient (Wildman–Crippen LogP) is 2.67. The quantitative estimate of drug-likeness (QED) is 0.630. The molecular weight excluding hydrogens is 296 g/mol. The van der Waals surface area contributed by atoms with E-state index < -0.39 is 23.8 Å². The van der Waals surface area contributed by atoms with Crippen LogP contribution in [0.15, 0.2) is 42.5 Å². The van der Waals surface area contributed by atoms with Gasteiger partial charge in [0.15, 0.2) is 11.5 Å². The Balaban J connectivity index is 1.75. The number of carbonyl (C=O) groups is 2. The molecule has 1 fully saturated rings. The van der Waals surface area contributed by atoms with Crippen LogP contribution in [0.3, 0.4) is 0 Å². The highest BCUT2D eigenvalue weighted by Gasteiger charge is 2.45. The fourth-order valence-corrected chi connectivity index (χ4v) is 2.96. The Morgan fingerprint density at radius 2 is 1.61 bits per heavy atom. The molecule has 4 rings (SSSR count). The van der Waals surface area contributed by atoms with Gasteiger partial charge < -0.3 is 14.2 Å². The minimum Gasteiger partial charge on any atom is -0.454 e. The molecule has 2 aromatic rings. The van der Waals surface area contributed by atoms with E-state index in [-0.39, 0.29) is 6.79 Å². The van der Waals surface area contributed by atoms with Gasteiger partial charge in [-0.15, -0.1) is 0 Å². The summed E-state index contributed by atoms with van der Waals surface area (Å²) in [5, 5.41) is 0. The van der Waals surface area contributed by atoms with Gasteiger partial charge in [-0.05, 0) is 30.2 Å². The van der Waals surface area contributed by atoms with Crippen molar-refractivity contribution in [1.29, 1.82) is 0 Å². The molecule has 2 aliphatic rings. The van der Waals surface area contributed by atoms with Crippen LogP contribution >= 0.6 is 0 Å². The van der Waals surface area contributed by atoms with Crippen LogP contribution in [0.2, 0.25) is 0 Å². The molecule has 2 heterocycles. The average molecular weight is 310 g/mol. The topological polar surface area (TPSA) is 61.8 Å². The number of hydrogen-bond acceptors (Lipinski definition) is 5. The molecule has 5 heteroatoms. The van der Waals surface area contributed by atoms with Crippen molar-refractivity contribution >= 4 is 11.8 Å². The summed E-state index contributed by atoms with van der Waals surface area (Å²) < 4.78 is 16.0. The number of rotatable bonds is 2. The predicted molar refractivity (Wildman–Crippen MR) is 80.3 cm³/mol. The summed E-state index contributed by atoms with van der Waals surface area (Å²) >= 11 is 0. The lowest BCUT2D eigenvalue weighted by molar-refractivity contribution is -0.149. The molecule has 0 radical (unpaired) electrons. The van der Waals surface area contributed by atoms with Crippen LogP contribution in [0.1, 0.15) is 28.7 Å². The van der Waals surface area contributed by atoms with Gasteiger partial charge in [0.25, 0.3) is 5.78 Å². The Labute approximate surface area is 132 Å². The molecular formula is C18H14O5. The van der Waals surface area contributed by atoms with Crippen LogP contribution in [-0.4, -0.2) is 18.5 Å². The number of hydrogen-bond donors (Lipinski definition) is 0. The molecule has 0 bridgehead atoms. The molecule has 1 saturated heterocycles. The van der Waals surface area contributed by atoms with E-state index in [1.54, 1.807) is 18.2 Å². The molecule has 2 unspecified atom stereocenters. The van der Waals surface area contributed by atoms with Gasteiger partial charge in [0.05, 0.1) is 5.92 Å². The molecule has 0 aliphatic carbocycles. The van der Waals surface area contributed by atoms with E-state index in [0.717, 1.165) is 11.1 Å². The maximum Gasteiger partial charge on any atom is 0.376 e. The standard InChI is InChI=1S/C18H14O5/c1-10-2-4-11(5-3-10)17-15(16(19)18(20)23-17)12-6-7-13-14(8-12)22-9-21-13/h2-8,15,17H,9H2,1H3. The van der Waals surface area contributed by atoms with Gasteiger partial charge >= 0.3 is 5.97 Å². The zero-order valence-electron chi connectivity index (χ0n) is 12.4. The van der Waals surface area contributed by atoms with Crippen molar-refractivity contribution in [3.8, 4) is 11.5 Å². The lowest BCUT2D eigenvalue weighted by atomic mass is 9.87. The first-order valence-electron chi connectivity index (χ1n) is 7.34. The Morgan fingerprint density at radius 3 is 2.39 bits per heavy atom. The second kappa shape index (κ2) is 5.12. The zero-order valence-corrected chi connectivity index (χ0v) is 12.4. The molecule has 0 amide bonds. The van der Waals surface area contributed by atoms with Gasteiger partial charge in [-0.1, -0.05) is 35.9 Å². The SMILES string of the molecule is Cc1ccc(C2OC(=O)C(=O)C2c2ccc3c(c2)OCO3)cc1. The van der Waals surface area contributed by atoms with Crippen LogP contribution in [-0.2, 0) is 14.3 Å². The first-order valence-corrected chi connectivity index (χ1v) is 7.34. The van der Waals surface area contributed by atoms with Gasteiger partial charge in [-0.3, -0.25) is 4.79 Å². The summed E-state index contributed by atoms with van der Waals surface area (Å²) in [5.41, 5.74) is 2.59. The van der Waals surface area contributed by atoms with Crippen molar-refractivity contribution in [3.05, 3.63) is 59.2 Å². The number of fused-ring (bicyclic) bond motifs is 1. The molecule has 0 N–H and O–H groups in total. The van der Waals surface area contributed by atoms with Crippen molar-refractivity contribution in [2.24, 2.45) is 0 Å². The van der Waals surface area contributed by atoms with Gasteiger partial charge in [-0.25, -0.2) is 4.79 Å². The summed E-state index contributed by atoms with van der Waals surface area (Å²) in [6.07, 6.45) is -0.615. The fourth-order valence-electron chi connectivity index (χ4n) is 2.96. The minimum absolute atomic E-state index is 0.161. The maximum atomic E-state index is 12.3. The van der Waals surface area contributed by atoms with E-state index in [2.05, 4.69) is 0 Å². The smallest absolute Gasteiger partial charge is 0.376 e. The molecule has 2 aromatic carbocycles. The monoisotopic (exact) mass is 310 g/mol. The highest BCUT2D eigenvalue weighted by molar-refractivity contribution is 6.37. The van der Waals surface area contributed by atoms with Crippen LogP contribution in [0, 0.1) is 6.92 Å². The van der Waals surface area contributed by atoms with E-state index in [4.69, 9.17) is 14.2 Å². The number of carbonyl (C=O) groups excluding carboxylic acids is 2. The molecule has 2 aliphatic heterocycles. The molecule has 2 atom stereocenters. The number of ketones is 1. The van der Waals surface area contributed by atoms with Crippen molar-refractivity contribution in [2.45, 2.75) is 18.9 Å². The maximum absolute atomic E-state index is 12.3. The van der Waals surface area contributed by atoms with Crippen LogP contribution in [0.25, 0.3) is 0 Å². The van der Waals surface area contributed by atoms with Crippen LogP contribution < -0.4 is 9.47 Å². The van der Waals surface area contributed by atoms with Crippen molar-refractivity contribution < 1.29 is 23.8 Å². The van der Waals surface area contributed by atoms with Crippen LogP contribution in [0.4, 0.5) is 0 Å². The summed E-state index contributed by atoms with van der Waals surface area (Å²) in [5.74, 6) is -0.775. The molecule has 0 aromatic heterocycles. The number of Topliss-reactive ketones (excluding diaryl/α,β-unsaturated/α-hetero) is 1. The Morgan fingerprint density at radius 1 is 0.913 bits per heavy atom. The summed E-state index contributed by atoms with van der Waals surface area (Å²) in [4.78, 5) is 24.1. The van der Waals surface area contributed by atoms with E-state index in [1.807, 2.05) is 31.2 Å². The van der Waals surface area contributed by atoms with E-state index in [9.17, 15) is 9.59 Å². The Hall–Kier alpha value is -2.82. The van der Waals surface area contributed by atoms with Gasteiger partial charge in [0.2, 0.25) is 6.79 Å². The number of ether oxygens (including phenoxy) is 3. The van der Waals surface area contributed by atoms with Crippen molar-refractivity contribution in [2.75, 3.05) is 6.79 Å². The summed E-state index contributed by atoms with van der Waals surface area (Å²) in [6.45, 7) is 2.14. The van der Waals surface area contributed by atoms with Crippen molar-refractivity contribution in [3.63, 3.8) is 0 Å². The second-order valence-corrected chi connectivity index (χ2v) is 5.69. The molecule has 23 heavy (non-hydrogen) atoms. The third kappa shape index (κ3) is 2.25. The number of cyclic esters (lactones) is 1. The first-order chi connectivity index (χ1) is 11.1. The number of benzene rings is 2. The fraction of sp³-hybridized carbons (Fsp3) is 0.222. The molecule has 116 valence electrons. The van der Waals surface area contributed by atoms with E-state index in [1.165, 1.54) is 0 Å². The highest BCUT2D eigenvalue weighted by atomic mass is 16.7.